The van der Waals surface area contributed by atoms with E-state index in [-0.39, 0.29) is 17.3 Å². The molecule has 3 aromatic rings. The van der Waals surface area contributed by atoms with Gasteiger partial charge in [0.05, 0.1) is 4.92 Å². The summed E-state index contributed by atoms with van der Waals surface area (Å²) in [6.07, 6.45) is 2.58. The van der Waals surface area contributed by atoms with Crippen LogP contribution in [0.3, 0.4) is 0 Å². The molecule has 0 saturated carbocycles. The second-order valence-corrected chi connectivity index (χ2v) is 5.26. The molecule has 3 N–H and O–H groups in total. The van der Waals surface area contributed by atoms with Crippen LogP contribution < -0.4 is 16.2 Å². The summed E-state index contributed by atoms with van der Waals surface area (Å²) in [6, 6.07) is 10.0. The predicted octanol–water partition coefficient (Wildman–Crippen LogP) is 1.98. The van der Waals surface area contributed by atoms with Gasteiger partial charge >= 0.3 is 5.69 Å². The predicted molar refractivity (Wildman–Crippen MR) is 96.3 cm³/mol. The highest BCUT2D eigenvalue weighted by atomic mass is 16.6. The molecule has 0 radical (unpaired) electrons. The number of aryl methyl sites for hydroxylation is 1. The SMILES string of the molecule is Cc1cccc(Nc2ncnc(NNC(=O)c3ccccn3)c2[N+](=O)[O-])n1. The molecule has 3 heterocycles. The molecule has 11 heteroatoms. The van der Waals surface area contributed by atoms with Gasteiger partial charge in [-0.3, -0.25) is 30.7 Å². The summed E-state index contributed by atoms with van der Waals surface area (Å²) >= 11 is 0. The third-order valence-electron chi connectivity index (χ3n) is 3.33. The molecule has 0 aliphatic heterocycles. The lowest BCUT2D eigenvalue weighted by Crippen LogP contribution is -2.31. The summed E-state index contributed by atoms with van der Waals surface area (Å²) in [5.74, 6) is -0.434. The van der Waals surface area contributed by atoms with Gasteiger partial charge in [0.1, 0.15) is 17.8 Å². The number of pyridine rings is 2. The number of amides is 1. The maximum atomic E-state index is 12.0. The molecule has 3 rings (SSSR count). The minimum atomic E-state index is -0.659. The standard InChI is InChI=1S/C16H14N8O3/c1-10-5-4-7-12(20-10)21-14-13(24(26)27)15(19-9-18-14)22-23-16(25)11-6-2-3-8-17-11/h2-9H,1H3,(H,23,25)(H2,18,19,20,21,22). The Bertz CT molecular complexity index is 980. The highest BCUT2D eigenvalue weighted by Gasteiger charge is 2.24. The molecular weight excluding hydrogens is 352 g/mol. The minimum absolute atomic E-state index is 0.0670. The average molecular weight is 366 g/mol. The van der Waals surface area contributed by atoms with Crippen molar-refractivity contribution >= 4 is 29.0 Å². The van der Waals surface area contributed by atoms with Crippen LogP contribution in [-0.4, -0.2) is 30.8 Å². The molecule has 0 aromatic carbocycles. The summed E-state index contributed by atoms with van der Waals surface area (Å²) in [5, 5.41) is 14.3. The molecule has 0 spiro atoms. The number of carbonyl (C=O) groups excluding carboxylic acids is 1. The Morgan fingerprint density at radius 1 is 1.07 bits per heavy atom. The van der Waals surface area contributed by atoms with E-state index in [2.05, 4.69) is 36.1 Å². The molecule has 0 aliphatic rings. The lowest BCUT2D eigenvalue weighted by Gasteiger charge is -2.10. The number of hydrazine groups is 1. The third-order valence-corrected chi connectivity index (χ3v) is 3.33. The second kappa shape index (κ2) is 7.82. The summed E-state index contributed by atoms with van der Waals surface area (Å²) in [6.45, 7) is 1.79. The van der Waals surface area contributed by atoms with Gasteiger partial charge in [-0.15, -0.1) is 0 Å². The van der Waals surface area contributed by atoms with Gasteiger partial charge in [0, 0.05) is 11.9 Å². The van der Waals surface area contributed by atoms with Crippen molar-refractivity contribution in [2.45, 2.75) is 6.92 Å². The molecule has 11 nitrogen and oxygen atoms in total. The van der Waals surface area contributed by atoms with Gasteiger partial charge in [-0.05, 0) is 31.2 Å². The van der Waals surface area contributed by atoms with Crippen LogP contribution in [0.15, 0.2) is 48.9 Å². The molecule has 27 heavy (non-hydrogen) atoms. The Balaban J connectivity index is 1.83. The fraction of sp³-hybridized carbons (Fsp3) is 0.0625. The Hall–Kier alpha value is -4.15. The number of anilines is 3. The van der Waals surface area contributed by atoms with Crippen molar-refractivity contribution in [2.24, 2.45) is 0 Å². The monoisotopic (exact) mass is 366 g/mol. The first-order valence-corrected chi connectivity index (χ1v) is 7.72. The lowest BCUT2D eigenvalue weighted by atomic mass is 10.3. The van der Waals surface area contributed by atoms with Crippen LogP contribution in [-0.2, 0) is 0 Å². The van der Waals surface area contributed by atoms with Crippen LogP contribution >= 0.6 is 0 Å². The van der Waals surface area contributed by atoms with E-state index in [9.17, 15) is 14.9 Å². The Morgan fingerprint density at radius 2 is 1.89 bits per heavy atom. The lowest BCUT2D eigenvalue weighted by molar-refractivity contribution is -0.383. The third kappa shape index (κ3) is 4.28. The average Bonchev–Trinajstić information content (AvgIpc) is 2.66. The molecule has 136 valence electrons. The zero-order valence-corrected chi connectivity index (χ0v) is 14.1. The largest absolute Gasteiger partial charge is 0.355 e. The molecule has 0 saturated heterocycles. The Labute approximate surface area is 153 Å². The molecular formula is C16H14N8O3. The first-order valence-electron chi connectivity index (χ1n) is 7.72. The highest BCUT2D eigenvalue weighted by Crippen LogP contribution is 2.30. The van der Waals surface area contributed by atoms with Crippen LogP contribution in [0, 0.1) is 17.0 Å². The number of nitrogens with zero attached hydrogens (tertiary/aromatic N) is 5. The van der Waals surface area contributed by atoms with Crippen molar-refractivity contribution in [2.75, 3.05) is 10.7 Å². The van der Waals surface area contributed by atoms with Crippen LogP contribution in [0.1, 0.15) is 16.2 Å². The number of nitro groups is 1. The normalized spacial score (nSPS) is 10.1. The number of rotatable bonds is 6. The van der Waals surface area contributed by atoms with Crippen molar-refractivity contribution < 1.29 is 9.72 Å². The molecule has 0 fully saturated rings. The molecule has 0 aliphatic carbocycles. The summed E-state index contributed by atoms with van der Waals surface area (Å²) in [7, 11) is 0. The van der Waals surface area contributed by atoms with Crippen molar-refractivity contribution in [1.29, 1.82) is 0 Å². The molecule has 3 aromatic heterocycles. The van der Waals surface area contributed by atoms with E-state index in [1.807, 2.05) is 0 Å². The van der Waals surface area contributed by atoms with Crippen molar-refractivity contribution in [1.82, 2.24) is 25.4 Å². The van der Waals surface area contributed by atoms with E-state index in [0.29, 0.717) is 5.82 Å². The Morgan fingerprint density at radius 3 is 2.59 bits per heavy atom. The van der Waals surface area contributed by atoms with Gasteiger partial charge in [0.2, 0.25) is 11.6 Å². The van der Waals surface area contributed by atoms with Gasteiger partial charge in [-0.1, -0.05) is 12.1 Å². The minimum Gasteiger partial charge on any atom is -0.319 e. The number of aromatic nitrogens is 4. The van der Waals surface area contributed by atoms with E-state index in [1.165, 1.54) is 12.3 Å². The van der Waals surface area contributed by atoms with E-state index in [4.69, 9.17) is 0 Å². The quantitative estimate of drug-likeness (QED) is 0.440. The molecule has 1 amide bonds. The molecule has 0 atom stereocenters. The van der Waals surface area contributed by atoms with E-state index >= 15 is 0 Å². The zero-order valence-electron chi connectivity index (χ0n) is 14.1. The second-order valence-electron chi connectivity index (χ2n) is 5.26. The molecule has 0 unspecified atom stereocenters. The van der Waals surface area contributed by atoms with Gasteiger partial charge in [0.25, 0.3) is 5.91 Å². The Kier molecular flexibility index (Phi) is 5.12. The van der Waals surface area contributed by atoms with Crippen LogP contribution in [0.25, 0.3) is 0 Å². The highest BCUT2D eigenvalue weighted by molar-refractivity contribution is 5.93. The van der Waals surface area contributed by atoms with Gasteiger partial charge in [0.15, 0.2) is 0 Å². The zero-order chi connectivity index (χ0) is 19.2. The fourth-order valence-electron chi connectivity index (χ4n) is 2.15. The van der Waals surface area contributed by atoms with Crippen LogP contribution in [0.5, 0.6) is 0 Å². The first kappa shape index (κ1) is 17.7. The number of nitrogens with one attached hydrogen (secondary N) is 3. The van der Waals surface area contributed by atoms with Crippen LogP contribution in [0.4, 0.5) is 23.1 Å². The fourth-order valence-corrected chi connectivity index (χ4v) is 2.15. The summed E-state index contributed by atoms with van der Waals surface area (Å²) < 4.78 is 0. The van der Waals surface area contributed by atoms with Gasteiger partial charge in [-0.25, -0.2) is 15.0 Å². The maximum absolute atomic E-state index is 12.0. The number of hydrogen-bond donors (Lipinski definition) is 3. The topological polar surface area (TPSA) is 148 Å². The van der Waals surface area contributed by atoms with Crippen molar-refractivity contribution in [3.05, 3.63) is 70.4 Å². The number of carbonyl (C=O) groups is 1. The first-order chi connectivity index (χ1) is 13.0. The smallest absolute Gasteiger partial charge is 0.319 e. The summed E-state index contributed by atoms with van der Waals surface area (Å²) in [4.78, 5) is 38.7. The van der Waals surface area contributed by atoms with E-state index in [0.717, 1.165) is 12.0 Å². The van der Waals surface area contributed by atoms with Crippen molar-refractivity contribution in [3.63, 3.8) is 0 Å². The van der Waals surface area contributed by atoms with Gasteiger partial charge < -0.3 is 5.32 Å². The maximum Gasteiger partial charge on any atom is 0.355 e. The molecule has 0 bridgehead atoms. The number of hydrogen-bond acceptors (Lipinski definition) is 9. The summed E-state index contributed by atoms with van der Waals surface area (Å²) in [5.41, 5.74) is 5.19. The van der Waals surface area contributed by atoms with Crippen LogP contribution in [0.2, 0.25) is 0 Å². The van der Waals surface area contributed by atoms with Crippen molar-refractivity contribution in [3.8, 4) is 0 Å². The van der Waals surface area contributed by atoms with E-state index in [1.54, 1.807) is 37.3 Å². The van der Waals surface area contributed by atoms with E-state index < -0.39 is 16.5 Å². The van der Waals surface area contributed by atoms with Gasteiger partial charge in [-0.2, -0.15) is 0 Å².